The predicted octanol–water partition coefficient (Wildman–Crippen LogP) is 2.78. The standard InChI is InChI=1S/C14H18O3/c1-3-11-7-5-6-8-12(11)13(15)9-10-14(16)17-4-2/h5-8H,3-4,9-10H2,1-2H3. The first kappa shape index (κ1) is 13.4. The van der Waals surface area contributed by atoms with E-state index in [4.69, 9.17) is 4.74 Å². The number of rotatable bonds is 6. The number of carbonyl (C=O) groups excluding carboxylic acids is 2. The molecule has 1 rings (SSSR count). The van der Waals surface area contributed by atoms with Crippen LogP contribution in [-0.2, 0) is 16.0 Å². The van der Waals surface area contributed by atoms with Crippen LogP contribution in [-0.4, -0.2) is 18.4 Å². The third-order valence-electron chi connectivity index (χ3n) is 2.56. The van der Waals surface area contributed by atoms with E-state index < -0.39 is 0 Å². The molecule has 0 amide bonds. The minimum atomic E-state index is -0.310. The molecule has 92 valence electrons. The lowest BCUT2D eigenvalue weighted by Gasteiger charge is -2.06. The van der Waals surface area contributed by atoms with E-state index in [1.54, 1.807) is 6.92 Å². The number of ketones is 1. The Morgan fingerprint density at radius 2 is 1.82 bits per heavy atom. The highest BCUT2D eigenvalue weighted by Crippen LogP contribution is 2.13. The minimum Gasteiger partial charge on any atom is -0.466 e. The summed E-state index contributed by atoms with van der Waals surface area (Å²) in [6.07, 6.45) is 1.20. The summed E-state index contributed by atoms with van der Waals surface area (Å²) in [5.74, 6) is -0.301. The van der Waals surface area contributed by atoms with Crippen molar-refractivity contribution < 1.29 is 14.3 Å². The molecule has 0 spiro atoms. The van der Waals surface area contributed by atoms with Gasteiger partial charge in [-0.15, -0.1) is 0 Å². The molecule has 0 heterocycles. The summed E-state index contributed by atoms with van der Waals surface area (Å²) in [5.41, 5.74) is 1.75. The zero-order valence-corrected chi connectivity index (χ0v) is 10.4. The molecule has 0 bridgehead atoms. The Labute approximate surface area is 102 Å². The van der Waals surface area contributed by atoms with Crippen molar-refractivity contribution in [1.82, 2.24) is 0 Å². The molecule has 17 heavy (non-hydrogen) atoms. The van der Waals surface area contributed by atoms with Crippen LogP contribution < -0.4 is 0 Å². The lowest BCUT2D eigenvalue weighted by Crippen LogP contribution is -2.09. The molecule has 0 aliphatic heterocycles. The van der Waals surface area contributed by atoms with Gasteiger partial charge in [-0.25, -0.2) is 0 Å². The maximum absolute atomic E-state index is 11.9. The van der Waals surface area contributed by atoms with E-state index in [0.717, 1.165) is 17.5 Å². The summed E-state index contributed by atoms with van der Waals surface area (Å²) in [6, 6.07) is 7.52. The molecule has 3 nitrogen and oxygen atoms in total. The lowest BCUT2D eigenvalue weighted by atomic mass is 9.99. The fourth-order valence-electron chi connectivity index (χ4n) is 1.68. The van der Waals surface area contributed by atoms with Gasteiger partial charge in [0.2, 0.25) is 0 Å². The molecule has 0 saturated carbocycles. The number of Topliss-reactive ketones (excluding diaryl/α,β-unsaturated/α-hetero) is 1. The molecule has 0 atom stereocenters. The number of benzene rings is 1. The molecule has 1 aromatic rings. The van der Waals surface area contributed by atoms with Gasteiger partial charge in [0, 0.05) is 12.0 Å². The van der Waals surface area contributed by atoms with Gasteiger partial charge in [-0.3, -0.25) is 9.59 Å². The molecule has 0 saturated heterocycles. The van der Waals surface area contributed by atoms with Crippen LogP contribution in [0.3, 0.4) is 0 Å². The van der Waals surface area contributed by atoms with E-state index in [1.807, 2.05) is 31.2 Å². The van der Waals surface area contributed by atoms with Crippen molar-refractivity contribution in [2.75, 3.05) is 6.61 Å². The normalized spacial score (nSPS) is 10.0. The Balaban J connectivity index is 2.61. The summed E-state index contributed by atoms with van der Waals surface area (Å²) in [4.78, 5) is 23.1. The van der Waals surface area contributed by atoms with Crippen molar-refractivity contribution in [1.29, 1.82) is 0 Å². The largest absolute Gasteiger partial charge is 0.466 e. The molecular weight excluding hydrogens is 216 g/mol. The van der Waals surface area contributed by atoms with Gasteiger partial charge in [0.05, 0.1) is 13.0 Å². The van der Waals surface area contributed by atoms with Gasteiger partial charge in [0.25, 0.3) is 0 Å². The fourth-order valence-corrected chi connectivity index (χ4v) is 1.68. The highest BCUT2D eigenvalue weighted by Gasteiger charge is 2.12. The molecule has 0 aliphatic rings. The van der Waals surface area contributed by atoms with Crippen molar-refractivity contribution in [2.45, 2.75) is 33.1 Å². The fraction of sp³-hybridized carbons (Fsp3) is 0.429. The van der Waals surface area contributed by atoms with Crippen LogP contribution in [0.4, 0.5) is 0 Å². The average Bonchev–Trinajstić information content (AvgIpc) is 2.36. The Hall–Kier alpha value is -1.64. The first-order valence-corrected chi connectivity index (χ1v) is 5.95. The smallest absolute Gasteiger partial charge is 0.306 e. The number of hydrogen-bond acceptors (Lipinski definition) is 3. The summed E-state index contributed by atoms with van der Waals surface area (Å²) >= 11 is 0. The summed E-state index contributed by atoms with van der Waals surface area (Å²) in [5, 5.41) is 0. The van der Waals surface area contributed by atoms with Crippen molar-refractivity contribution in [3.63, 3.8) is 0 Å². The van der Waals surface area contributed by atoms with Crippen molar-refractivity contribution in [3.05, 3.63) is 35.4 Å². The Morgan fingerprint density at radius 3 is 2.47 bits per heavy atom. The SMILES string of the molecule is CCOC(=O)CCC(=O)c1ccccc1CC. The summed E-state index contributed by atoms with van der Waals surface area (Å²) in [6.45, 7) is 4.13. The van der Waals surface area contributed by atoms with E-state index in [9.17, 15) is 9.59 Å². The van der Waals surface area contributed by atoms with Crippen LogP contribution in [0.2, 0.25) is 0 Å². The minimum absolute atomic E-state index is 0.00973. The molecule has 0 aliphatic carbocycles. The van der Waals surface area contributed by atoms with Gasteiger partial charge in [0.15, 0.2) is 5.78 Å². The molecule has 3 heteroatoms. The molecule has 0 radical (unpaired) electrons. The summed E-state index contributed by atoms with van der Waals surface area (Å²) in [7, 11) is 0. The maximum atomic E-state index is 11.9. The van der Waals surface area contributed by atoms with Gasteiger partial charge < -0.3 is 4.74 Å². The van der Waals surface area contributed by atoms with Gasteiger partial charge >= 0.3 is 5.97 Å². The topological polar surface area (TPSA) is 43.4 Å². The monoisotopic (exact) mass is 234 g/mol. The zero-order chi connectivity index (χ0) is 12.7. The van der Waals surface area contributed by atoms with Crippen molar-refractivity contribution >= 4 is 11.8 Å². The maximum Gasteiger partial charge on any atom is 0.306 e. The molecular formula is C14H18O3. The van der Waals surface area contributed by atoms with Crippen LogP contribution in [0.1, 0.15) is 42.6 Å². The third kappa shape index (κ3) is 4.02. The van der Waals surface area contributed by atoms with Crippen LogP contribution in [0.25, 0.3) is 0 Å². The Morgan fingerprint density at radius 1 is 1.12 bits per heavy atom. The van der Waals surface area contributed by atoms with E-state index in [-0.39, 0.29) is 24.6 Å². The Kier molecular flexibility index (Phi) is 5.40. The van der Waals surface area contributed by atoms with Crippen LogP contribution >= 0.6 is 0 Å². The molecule has 0 N–H and O–H groups in total. The van der Waals surface area contributed by atoms with Crippen LogP contribution in [0.15, 0.2) is 24.3 Å². The second-order valence-electron chi connectivity index (χ2n) is 3.74. The van der Waals surface area contributed by atoms with E-state index >= 15 is 0 Å². The van der Waals surface area contributed by atoms with E-state index in [1.165, 1.54) is 0 Å². The number of aryl methyl sites for hydroxylation is 1. The molecule has 0 unspecified atom stereocenters. The van der Waals surface area contributed by atoms with E-state index in [0.29, 0.717) is 6.61 Å². The first-order chi connectivity index (χ1) is 8.19. The van der Waals surface area contributed by atoms with Gasteiger partial charge in [-0.1, -0.05) is 31.2 Å². The quantitative estimate of drug-likeness (QED) is 0.561. The van der Waals surface area contributed by atoms with Gasteiger partial charge in [-0.05, 0) is 18.9 Å². The average molecular weight is 234 g/mol. The van der Waals surface area contributed by atoms with Crippen molar-refractivity contribution in [2.24, 2.45) is 0 Å². The first-order valence-electron chi connectivity index (χ1n) is 5.95. The highest BCUT2D eigenvalue weighted by molar-refractivity contribution is 5.98. The molecule has 0 aromatic heterocycles. The van der Waals surface area contributed by atoms with Crippen LogP contribution in [0, 0.1) is 0 Å². The van der Waals surface area contributed by atoms with Crippen LogP contribution in [0.5, 0.6) is 0 Å². The highest BCUT2D eigenvalue weighted by atomic mass is 16.5. The lowest BCUT2D eigenvalue weighted by molar-refractivity contribution is -0.143. The van der Waals surface area contributed by atoms with Gasteiger partial charge in [0.1, 0.15) is 0 Å². The predicted molar refractivity (Wildman–Crippen MR) is 66.0 cm³/mol. The zero-order valence-electron chi connectivity index (χ0n) is 10.4. The molecule has 1 aromatic carbocycles. The number of hydrogen-bond donors (Lipinski definition) is 0. The second-order valence-corrected chi connectivity index (χ2v) is 3.74. The molecule has 0 fully saturated rings. The second kappa shape index (κ2) is 6.84. The van der Waals surface area contributed by atoms with E-state index in [2.05, 4.69) is 0 Å². The Bertz CT molecular complexity index is 396. The third-order valence-corrected chi connectivity index (χ3v) is 2.56. The number of carbonyl (C=O) groups is 2. The van der Waals surface area contributed by atoms with Gasteiger partial charge in [-0.2, -0.15) is 0 Å². The number of esters is 1. The number of ether oxygens (including phenoxy) is 1. The summed E-state index contributed by atoms with van der Waals surface area (Å²) < 4.78 is 4.79. The van der Waals surface area contributed by atoms with Crippen molar-refractivity contribution in [3.8, 4) is 0 Å².